The monoisotopic (exact) mass is 296 g/mol. The van der Waals surface area contributed by atoms with E-state index in [1.54, 1.807) is 6.92 Å². The first-order chi connectivity index (χ1) is 9.49. The quantitative estimate of drug-likeness (QED) is 0.608. The van der Waals surface area contributed by atoms with Crippen LogP contribution in [0, 0.1) is 6.92 Å². The predicted octanol–water partition coefficient (Wildman–Crippen LogP) is 0.608. The summed E-state index contributed by atoms with van der Waals surface area (Å²) in [6.07, 6.45) is 1.32. The summed E-state index contributed by atoms with van der Waals surface area (Å²) in [5.74, 6) is -1.35. The lowest BCUT2D eigenvalue weighted by molar-refractivity contribution is -0.140. The van der Waals surface area contributed by atoms with Crippen LogP contribution >= 0.6 is 11.8 Å². The molecule has 0 aliphatic rings. The number of aromatic nitrogens is 3. The number of thioether (sulfide) groups is 1. The Balaban J connectivity index is 2.17. The van der Waals surface area contributed by atoms with E-state index in [2.05, 4.69) is 20.4 Å². The second kappa shape index (κ2) is 5.87. The number of aliphatic carboxylic acids is 1. The first kappa shape index (κ1) is 14.3. The number of aryl methyl sites for hydroxylation is 1. The van der Waals surface area contributed by atoms with Gasteiger partial charge in [-0.15, -0.1) is 11.8 Å². The van der Waals surface area contributed by atoms with E-state index in [0.29, 0.717) is 21.8 Å². The van der Waals surface area contributed by atoms with Crippen LogP contribution in [0.2, 0.25) is 0 Å². The minimum absolute atomic E-state index is 0.144. The van der Waals surface area contributed by atoms with Crippen LogP contribution in [0.1, 0.15) is 12.6 Å². The number of hydrogen-bond acceptors (Lipinski definition) is 7. The van der Waals surface area contributed by atoms with Crippen LogP contribution in [0.3, 0.4) is 0 Å². The van der Waals surface area contributed by atoms with Crippen molar-refractivity contribution in [2.45, 2.75) is 24.9 Å². The lowest BCUT2D eigenvalue weighted by Crippen LogP contribution is -2.41. The Morgan fingerprint density at radius 2 is 2.25 bits per heavy atom. The number of carbonyl (C=O) groups excluding carboxylic acids is 1. The van der Waals surface area contributed by atoms with E-state index in [-0.39, 0.29) is 5.75 Å². The van der Waals surface area contributed by atoms with Crippen molar-refractivity contribution in [3.8, 4) is 0 Å². The molecule has 8 nitrogen and oxygen atoms in total. The molecule has 2 N–H and O–H groups in total. The summed E-state index contributed by atoms with van der Waals surface area (Å²) < 4.78 is 5.01. The van der Waals surface area contributed by atoms with Crippen molar-refractivity contribution in [1.29, 1.82) is 0 Å². The maximum Gasteiger partial charge on any atom is 0.327 e. The molecule has 1 amide bonds. The molecule has 1 atom stereocenters. The third-order valence-corrected chi connectivity index (χ3v) is 3.55. The van der Waals surface area contributed by atoms with Crippen molar-refractivity contribution < 1.29 is 19.2 Å². The number of carboxylic acid groups (broad SMARTS) is 1. The Labute approximate surface area is 117 Å². The van der Waals surface area contributed by atoms with Gasteiger partial charge in [0.15, 0.2) is 0 Å². The number of rotatable bonds is 5. The van der Waals surface area contributed by atoms with E-state index < -0.39 is 17.9 Å². The largest absolute Gasteiger partial charge is 0.480 e. The van der Waals surface area contributed by atoms with Crippen molar-refractivity contribution in [2.24, 2.45) is 0 Å². The summed E-state index contributed by atoms with van der Waals surface area (Å²) in [6, 6.07) is -0.984. The Bertz CT molecular complexity index is 657. The summed E-state index contributed by atoms with van der Waals surface area (Å²) in [7, 11) is 0. The Morgan fingerprint density at radius 1 is 1.50 bits per heavy atom. The normalized spacial score (nSPS) is 12.3. The van der Waals surface area contributed by atoms with Crippen LogP contribution < -0.4 is 5.32 Å². The van der Waals surface area contributed by atoms with E-state index in [4.69, 9.17) is 9.63 Å². The lowest BCUT2D eigenvalue weighted by Gasteiger charge is -2.12. The summed E-state index contributed by atoms with van der Waals surface area (Å²) in [5, 5.41) is 16.4. The number of nitrogens with one attached hydrogen (secondary N) is 1. The zero-order chi connectivity index (χ0) is 14.7. The van der Waals surface area contributed by atoms with E-state index in [1.165, 1.54) is 25.0 Å². The maximum atomic E-state index is 11.0. The van der Waals surface area contributed by atoms with Gasteiger partial charge >= 0.3 is 5.97 Å². The number of amides is 1. The molecule has 2 heterocycles. The SMILES string of the molecule is CC(=O)N[C@@H](CSc1ncnc2onc(C)c12)C(=O)O. The number of carboxylic acids is 1. The molecule has 0 aliphatic carbocycles. The van der Waals surface area contributed by atoms with Crippen LogP contribution in [-0.4, -0.2) is 43.9 Å². The van der Waals surface area contributed by atoms with Gasteiger partial charge < -0.3 is 14.9 Å². The van der Waals surface area contributed by atoms with Gasteiger partial charge in [-0.2, -0.15) is 4.98 Å². The van der Waals surface area contributed by atoms with Crippen LogP contribution in [0.5, 0.6) is 0 Å². The minimum atomic E-state index is -1.10. The van der Waals surface area contributed by atoms with Gasteiger partial charge in [-0.25, -0.2) is 9.78 Å². The molecule has 0 fully saturated rings. The average molecular weight is 296 g/mol. The molecule has 20 heavy (non-hydrogen) atoms. The number of hydrogen-bond donors (Lipinski definition) is 2. The summed E-state index contributed by atoms with van der Waals surface area (Å²) in [6.45, 7) is 3.02. The third kappa shape index (κ3) is 3.05. The summed E-state index contributed by atoms with van der Waals surface area (Å²) in [5.41, 5.74) is 0.987. The molecule has 2 rings (SSSR count). The van der Waals surface area contributed by atoms with Gasteiger partial charge in [0.05, 0.1) is 11.1 Å². The minimum Gasteiger partial charge on any atom is -0.480 e. The number of carbonyl (C=O) groups is 2. The lowest BCUT2D eigenvalue weighted by atomic mass is 10.3. The first-order valence-corrected chi connectivity index (χ1v) is 6.67. The number of fused-ring (bicyclic) bond motifs is 1. The zero-order valence-corrected chi connectivity index (χ0v) is 11.6. The van der Waals surface area contributed by atoms with Crippen LogP contribution in [0.4, 0.5) is 0 Å². The van der Waals surface area contributed by atoms with Gasteiger partial charge in [-0.3, -0.25) is 4.79 Å². The van der Waals surface area contributed by atoms with Crippen LogP contribution in [0.25, 0.3) is 11.1 Å². The maximum absolute atomic E-state index is 11.0. The van der Waals surface area contributed by atoms with Crippen molar-refractivity contribution in [2.75, 3.05) is 5.75 Å². The highest BCUT2D eigenvalue weighted by Crippen LogP contribution is 2.27. The summed E-state index contributed by atoms with van der Waals surface area (Å²) in [4.78, 5) is 30.0. The molecule has 0 aromatic carbocycles. The fourth-order valence-corrected chi connectivity index (χ4v) is 2.63. The highest BCUT2D eigenvalue weighted by molar-refractivity contribution is 7.99. The highest BCUT2D eigenvalue weighted by atomic mass is 32.2. The molecule has 0 unspecified atom stereocenters. The van der Waals surface area contributed by atoms with E-state index in [9.17, 15) is 9.59 Å². The third-order valence-electron chi connectivity index (χ3n) is 2.47. The molecule has 0 saturated heterocycles. The van der Waals surface area contributed by atoms with Gasteiger partial charge in [-0.05, 0) is 6.92 Å². The highest BCUT2D eigenvalue weighted by Gasteiger charge is 2.20. The predicted molar refractivity (Wildman–Crippen MR) is 70.3 cm³/mol. The molecule has 9 heteroatoms. The molecule has 106 valence electrons. The molecule has 0 aliphatic heterocycles. The zero-order valence-electron chi connectivity index (χ0n) is 10.8. The molecule has 0 radical (unpaired) electrons. The Hall–Kier alpha value is -2.16. The van der Waals surface area contributed by atoms with E-state index in [0.717, 1.165) is 0 Å². The van der Waals surface area contributed by atoms with E-state index >= 15 is 0 Å². The van der Waals surface area contributed by atoms with Crippen LogP contribution in [-0.2, 0) is 9.59 Å². The molecular weight excluding hydrogens is 284 g/mol. The molecule has 2 aromatic heterocycles. The number of nitrogens with zero attached hydrogens (tertiary/aromatic N) is 3. The molecule has 0 spiro atoms. The van der Waals surface area contributed by atoms with Gasteiger partial charge in [0.2, 0.25) is 5.91 Å². The molecule has 0 saturated carbocycles. The van der Waals surface area contributed by atoms with Crippen molar-refractivity contribution >= 4 is 34.7 Å². The molecular formula is C11H12N4O4S. The van der Waals surface area contributed by atoms with Gasteiger partial charge in [0, 0.05) is 12.7 Å². The van der Waals surface area contributed by atoms with Crippen molar-refractivity contribution in [1.82, 2.24) is 20.4 Å². The van der Waals surface area contributed by atoms with Gasteiger partial charge in [0.1, 0.15) is 17.4 Å². The topological polar surface area (TPSA) is 118 Å². The van der Waals surface area contributed by atoms with Gasteiger partial charge in [-0.1, -0.05) is 5.16 Å². The van der Waals surface area contributed by atoms with Gasteiger partial charge in [0.25, 0.3) is 5.71 Å². The fourth-order valence-electron chi connectivity index (χ4n) is 1.58. The fraction of sp³-hybridized carbons (Fsp3) is 0.364. The van der Waals surface area contributed by atoms with Crippen molar-refractivity contribution in [3.05, 3.63) is 12.0 Å². The Kier molecular flexibility index (Phi) is 4.18. The molecule has 2 aromatic rings. The van der Waals surface area contributed by atoms with E-state index in [1.807, 2.05) is 0 Å². The average Bonchev–Trinajstić information content (AvgIpc) is 2.76. The van der Waals surface area contributed by atoms with Crippen molar-refractivity contribution in [3.63, 3.8) is 0 Å². The summed E-state index contributed by atoms with van der Waals surface area (Å²) >= 11 is 1.20. The second-order valence-corrected chi connectivity index (χ2v) is 5.04. The second-order valence-electron chi connectivity index (χ2n) is 4.03. The Morgan fingerprint density at radius 3 is 2.90 bits per heavy atom. The molecule has 0 bridgehead atoms. The smallest absolute Gasteiger partial charge is 0.327 e. The first-order valence-electron chi connectivity index (χ1n) is 5.68. The standard InChI is InChI=1S/C11H12N4O4S/c1-5-8-9(19-15-5)12-4-13-10(8)20-3-7(11(17)18)14-6(2)16/h4,7H,3H2,1-2H3,(H,14,16)(H,17,18)/t7-/m0/s1. The van der Waals surface area contributed by atoms with Crippen LogP contribution in [0.15, 0.2) is 15.9 Å².